The molecular weight excluding hydrogens is 322 g/mol. The van der Waals surface area contributed by atoms with Gasteiger partial charge in [-0.15, -0.1) is 0 Å². The largest absolute Gasteiger partial charge is 0.481 e. The number of carbonyl (C=O) groups is 1. The molecule has 2 aromatic carbocycles. The summed E-state index contributed by atoms with van der Waals surface area (Å²) < 4.78 is 6.01. The third-order valence-electron chi connectivity index (χ3n) is 4.66. The van der Waals surface area contributed by atoms with E-state index in [1.165, 1.54) is 16.7 Å². The Balaban J connectivity index is 2.13. The average molecular weight is 354 g/mol. The van der Waals surface area contributed by atoms with Gasteiger partial charge in [0.25, 0.3) is 5.91 Å². The maximum atomic E-state index is 12.8. The van der Waals surface area contributed by atoms with Crippen LogP contribution in [0.5, 0.6) is 5.75 Å². The standard InChI is InChI=1S/C23H31NO2/c1-7-21(20-10-9-15(3)12-18(20)6)24-23(25)22(8-2)26-19-13-16(4)11-17(5)14-19/h9-14,21-22H,7-8H2,1-6H3,(H,24,25)/t21-,22-/m0/s1. The Bertz CT molecular complexity index is 747. The number of aryl methyl sites for hydroxylation is 4. The van der Waals surface area contributed by atoms with E-state index < -0.39 is 6.10 Å². The lowest BCUT2D eigenvalue weighted by atomic mass is 9.97. The first-order chi connectivity index (χ1) is 12.3. The highest BCUT2D eigenvalue weighted by molar-refractivity contribution is 5.81. The van der Waals surface area contributed by atoms with Crippen molar-refractivity contribution in [3.05, 3.63) is 64.2 Å². The quantitative estimate of drug-likeness (QED) is 0.729. The molecule has 0 aromatic heterocycles. The highest BCUT2D eigenvalue weighted by Crippen LogP contribution is 2.23. The molecule has 3 nitrogen and oxygen atoms in total. The lowest BCUT2D eigenvalue weighted by Crippen LogP contribution is -2.40. The van der Waals surface area contributed by atoms with Gasteiger partial charge in [-0.25, -0.2) is 0 Å². The van der Waals surface area contributed by atoms with Gasteiger partial charge in [-0.3, -0.25) is 4.79 Å². The summed E-state index contributed by atoms with van der Waals surface area (Å²) in [6.07, 6.45) is 0.980. The van der Waals surface area contributed by atoms with Crippen molar-refractivity contribution < 1.29 is 9.53 Å². The molecule has 0 fully saturated rings. The minimum Gasteiger partial charge on any atom is -0.481 e. The molecule has 0 radical (unpaired) electrons. The molecule has 140 valence electrons. The molecule has 3 heteroatoms. The van der Waals surface area contributed by atoms with Crippen molar-refractivity contribution in [1.29, 1.82) is 0 Å². The van der Waals surface area contributed by atoms with Gasteiger partial charge in [0, 0.05) is 0 Å². The maximum Gasteiger partial charge on any atom is 0.261 e. The Hall–Kier alpha value is -2.29. The van der Waals surface area contributed by atoms with E-state index in [1.54, 1.807) is 0 Å². The Labute approximate surface area is 157 Å². The van der Waals surface area contributed by atoms with Gasteiger partial charge in [0.2, 0.25) is 0 Å². The van der Waals surface area contributed by atoms with Crippen molar-refractivity contribution in [1.82, 2.24) is 5.32 Å². The zero-order valence-electron chi connectivity index (χ0n) is 16.8. The summed E-state index contributed by atoms with van der Waals surface area (Å²) in [7, 11) is 0. The SMILES string of the molecule is CC[C@H](Oc1cc(C)cc(C)c1)C(=O)N[C@@H](CC)c1ccc(C)cc1C. The third-order valence-corrected chi connectivity index (χ3v) is 4.66. The van der Waals surface area contributed by atoms with Crippen LogP contribution in [0.2, 0.25) is 0 Å². The van der Waals surface area contributed by atoms with Crippen LogP contribution in [0, 0.1) is 27.7 Å². The fraction of sp³-hybridized carbons (Fsp3) is 0.435. The number of rotatable bonds is 7. The molecule has 26 heavy (non-hydrogen) atoms. The molecule has 0 heterocycles. The maximum absolute atomic E-state index is 12.8. The minimum atomic E-state index is -0.490. The molecule has 0 aliphatic heterocycles. The van der Waals surface area contributed by atoms with Crippen LogP contribution in [0.25, 0.3) is 0 Å². The van der Waals surface area contributed by atoms with E-state index in [-0.39, 0.29) is 11.9 Å². The van der Waals surface area contributed by atoms with Crippen LogP contribution in [0.3, 0.4) is 0 Å². The first kappa shape index (κ1) is 20.0. The van der Waals surface area contributed by atoms with E-state index in [1.807, 2.05) is 32.9 Å². The molecule has 0 aliphatic carbocycles. The Morgan fingerprint density at radius 3 is 2.12 bits per heavy atom. The molecule has 0 unspecified atom stereocenters. The smallest absolute Gasteiger partial charge is 0.261 e. The lowest BCUT2D eigenvalue weighted by Gasteiger charge is -2.24. The summed E-state index contributed by atoms with van der Waals surface area (Å²) in [6, 6.07) is 12.4. The molecule has 1 N–H and O–H groups in total. The van der Waals surface area contributed by atoms with Crippen LogP contribution in [-0.2, 0) is 4.79 Å². The van der Waals surface area contributed by atoms with Gasteiger partial charge in [0.1, 0.15) is 5.75 Å². The first-order valence-corrected chi connectivity index (χ1v) is 9.46. The van der Waals surface area contributed by atoms with Crippen LogP contribution < -0.4 is 10.1 Å². The fourth-order valence-corrected chi connectivity index (χ4v) is 3.37. The molecule has 0 saturated carbocycles. The molecule has 2 aromatic rings. The van der Waals surface area contributed by atoms with Gasteiger partial charge >= 0.3 is 0 Å². The van der Waals surface area contributed by atoms with Crippen molar-refractivity contribution in [2.24, 2.45) is 0 Å². The normalized spacial score (nSPS) is 13.2. The second-order valence-electron chi connectivity index (χ2n) is 7.17. The van der Waals surface area contributed by atoms with E-state index in [4.69, 9.17) is 4.74 Å². The fourth-order valence-electron chi connectivity index (χ4n) is 3.37. The summed E-state index contributed by atoms with van der Waals surface area (Å²) >= 11 is 0. The minimum absolute atomic E-state index is 0.00000409. The second-order valence-corrected chi connectivity index (χ2v) is 7.17. The lowest BCUT2D eigenvalue weighted by molar-refractivity contribution is -0.128. The van der Waals surface area contributed by atoms with E-state index in [0.717, 1.165) is 23.3 Å². The number of nitrogens with one attached hydrogen (secondary N) is 1. The van der Waals surface area contributed by atoms with E-state index in [2.05, 4.69) is 50.4 Å². The second kappa shape index (κ2) is 8.88. The Morgan fingerprint density at radius 2 is 1.58 bits per heavy atom. The number of benzene rings is 2. The molecule has 0 spiro atoms. The monoisotopic (exact) mass is 353 g/mol. The number of ether oxygens (including phenoxy) is 1. The molecular formula is C23H31NO2. The van der Waals surface area contributed by atoms with Gasteiger partial charge in [-0.2, -0.15) is 0 Å². The highest BCUT2D eigenvalue weighted by atomic mass is 16.5. The van der Waals surface area contributed by atoms with Crippen LogP contribution in [0.4, 0.5) is 0 Å². The third kappa shape index (κ3) is 5.10. The van der Waals surface area contributed by atoms with Gasteiger partial charge in [0.15, 0.2) is 6.10 Å². The summed E-state index contributed by atoms with van der Waals surface area (Å²) in [6.45, 7) is 12.3. The summed E-state index contributed by atoms with van der Waals surface area (Å²) in [4.78, 5) is 12.8. The van der Waals surface area contributed by atoms with Crippen molar-refractivity contribution >= 4 is 5.91 Å². The summed E-state index contributed by atoms with van der Waals surface area (Å²) in [5.41, 5.74) is 5.89. The van der Waals surface area contributed by atoms with Crippen LogP contribution >= 0.6 is 0 Å². The highest BCUT2D eigenvalue weighted by Gasteiger charge is 2.22. The predicted molar refractivity (Wildman–Crippen MR) is 108 cm³/mol. The van der Waals surface area contributed by atoms with Gasteiger partial charge in [-0.1, -0.05) is 43.7 Å². The Morgan fingerprint density at radius 1 is 0.923 bits per heavy atom. The van der Waals surface area contributed by atoms with Crippen molar-refractivity contribution in [3.8, 4) is 5.75 Å². The van der Waals surface area contributed by atoms with Crippen molar-refractivity contribution in [2.75, 3.05) is 0 Å². The van der Waals surface area contributed by atoms with Crippen molar-refractivity contribution in [2.45, 2.75) is 66.5 Å². The molecule has 1 amide bonds. The number of amides is 1. The number of carbonyl (C=O) groups excluding carboxylic acids is 1. The average Bonchev–Trinajstić information content (AvgIpc) is 2.57. The number of hydrogen-bond donors (Lipinski definition) is 1. The van der Waals surface area contributed by atoms with Gasteiger partial charge in [-0.05, 0) is 74.9 Å². The predicted octanol–water partition coefficient (Wildman–Crippen LogP) is 5.35. The van der Waals surface area contributed by atoms with E-state index >= 15 is 0 Å². The van der Waals surface area contributed by atoms with Crippen LogP contribution in [-0.4, -0.2) is 12.0 Å². The van der Waals surface area contributed by atoms with Crippen LogP contribution in [0.1, 0.15) is 60.5 Å². The van der Waals surface area contributed by atoms with Gasteiger partial charge < -0.3 is 10.1 Å². The summed E-state index contributed by atoms with van der Waals surface area (Å²) in [5, 5.41) is 3.18. The number of hydrogen-bond acceptors (Lipinski definition) is 2. The molecule has 0 aliphatic rings. The summed E-state index contributed by atoms with van der Waals surface area (Å²) in [5.74, 6) is 0.697. The zero-order valence-corrected chi connectivity index (χ0v) is 16.8. The molecule has 0 saturated heterocycles. The van der Waals surface area contributed by atoms with Gasteiger partial charge in [0.05, 0.1) is 6.04 Å². The molecule has 2 rings (SSSR count). The van der Waals surface area contributed by atoms with E-state index in [9.17, 15) is 4.79 Å². The topological polar surface area (TPSA) is 38.3 Å². The van der Waals surface area contributed by atoms with E-state index in [0.29, 0.717) is 6.42 Å². The van der Waals surface area contributed by atoms with Crippen LogP contribution in [0.15, 0.2) is 36.4 Å². The van der Waals surface area contributed by atoms with Crippen molar-refractivity contribution in [3.63, 3.8) is 0 Å². The molecule has 2 atom stereocenters. The first-order valence-electron chi connectivity index (χ1n) is 9.46. The zero-order chi connectivity index (χ0) is 19.3. The molecule has 0 bridgehead atoms. The Kier molecular flexibility index (Phi) is 6.84.